The van der Waals surface area contributed by atoms with E-state index in [1.54, 1.807) is 31.4 Å². The molecule has 0 saturated heterocycles. The van der Waals surface area contributed by atoms with Gasteiger partial charge in [0, 0.05) is 17.8 Å². The number of nitrogens with zero attached hydrogens (tertiary/aromatic N) is 1. The Balaban J connectivity index is 2.17. The maximum Gasteiger partial charge on any atom is 0.307 e. The molecule has 2 N–H and O–H groups in total. The van der Waals surface area contributed by atoms with Crippen LogP contribution in [0.3, 0.4) is 0 Å². The number of amides is 1. The molecule has 2 aromatic carbocycles. The second kappa shape index (κ2) is 8.79. The smallest absolute Gasteiger partial charge is 0.307 e. The van der Waals surface area contributed by atoms with Crippen LogP contribution in [0.1, 0.15) is 12.5 Å². The Hall–Kier alpha value is -3.42. The minimum Gasteiger partial charge on any atom is -0.497 e. The summed E-state index contributed by atoms with van der Waals surface area (Å²) in [5.41, 5.74) is 1.07. The molecule has 2 rings (SSSR count). The van der Waals surface area contributed by atoms with E-state index in [0.29, 0.717) is 11.4 Å². The van der Waals surface area contributed by atoms with Crippen molar-refractivity contribution in [3.05, 3.63) is 64.2 Å². The Morgan fingerprint density at radius 1 is 1.15 bits per heavy atom. The maximum atomic E-state index is 12.7. The lowest BCUT2D eigenvalue weighted by Crippen LogP contribution is -2.33. The van der Waals surface area contributed by atoms with Crippen molar-refractivity contribution in [2.24, 2.45) is 11.8 Å². The Bertz CT molecular complexity index is 817. The van der Waals surface area contributed by atoms with Gasteiger partial charge in [-0.05, 0) is 36.2 Å². The van der Waals surface area contributed by atoms with Crippen molar-refractivity contribution in [2.45, 2.75) is 13.3 Å². The van der Waals surface area contributed by atoms with E-state index in [-0.39, 0.29) is 12.1 Å². The van der Waals surface area contributed by atoms with E-state index in [1.807, 2.05) is 0 Å². The number of nitro benzene ring substituents is 1. The highest BCUT2D eigenvalue weighted by Gasteiger charge is 2.30. The molecular weight excluding hydrogens is 352 g/mol. The predicted molar refractivity (Wildman–Crippen MR) is 98.7 cm³/mol. The third-order valence-corrected chi connectivity index (χ3v) is 4.29. The van der Waals surface area contributed by atoms with Crippen LogP contribution in [0.5, 0.6) is 5.75 Å². The number of methoxy groups -OCH3 is 1. The van der Waals surface area contributed by atoms with Gasteiger partial charge in [0.15, 0.2) is 0 Å². The first-order chi connectivity index (χ1) is 12.8. The number of anilines is 1. The second-order valence-electron chi connectivity index (χ2n) is 6.08. The highest BCUT2D eigenvalue weighted by molar-refractivity contribution is 5.95. The first-order valence-electron chi connectivity index (χ1n) is 8.23. The number of rotatable bonds is 8. The molecule has 0 aromatic heterocycles. The van der Waals surface area contributed by atoms with Gasteiger partial charge in [0.25, 0.3) is 5.69 Å². The first-order valence-corrected chi connectivity index (χ1v) is 8.23. The van der Waals surface area contributed by atoms with Gasteiger partial charge in [0.2, 0.25) is 5.91 Å². The molecule has 0 aliphatic heterocycles. The number of carboxylic acids is 1. The Labute approximate surface area is 155 Å². The number of carbonyl (C=O) groups excluding carboxylic acids is 1. The Morgan fingerprint density at radius 3 is 2.22 bits per heavy atom. The third-order valence-electron chi connectivity index (χ3n) is 4.29. The molecule has 0 fully saturated rings. The molecule has 1 amide bonds. The van der Waals surface area contributed by atoms with Gasteiger partial charge in [-0.3, -0.25) is 19.7 Å². The number of hydrogen-bond donors (Lipinski definition) is 2. The van der Waals surface area contributed by atoms with Crippen LogP contribution < -0.4 is 10.1 Å². The van der Waals surface area contributed by atoms with Crippen LogP contribution >= 0.6 is 0 Å². The van der Waals surface area contributed by atoms with Crippen molar-refractivity contribution in [1.29, 1.82) is 0 Å². The van der Waals surface area contributed by atoms with Crippen molar-refractivity contribution in [3.8, 4) is 5.75 Å². The van der Waals surface area contributed by atoms with E-state index in [1.165, 1.54) is 31.2 Å². The number of non-ortho nitro benzene ring substituents is 1. The van der Waals surface area contributed by atoms with Crippen LogP contribution in [0.25, 0.3) is 0 Å². The van der Waals surface area contributed by atoms with Crippen LogP contribution in [0.2, 0.25) is 0 Å². The zero-order chi connectivity index (χ0) is 20.0. The van der Waals surface area contributed by atoms with Crippen molar-refractivity contribution < 1.29 is 24.4 Å². The number of aliphatic carboxylic acids is 1. The van der Waals surface area contributed by atoms with Crippen LogP contribution in [0.15, 0.2) is 48.5 Å². The zero-order valence-corrected chi connectivity index (χ0v) is 14.9. The lowest BCUT2D eigenvalue weighted by molar-refractivity contribution is -0.384. The van der Waals surface area contributed by atoms with Gasteiger partial charge in [-0.1, -0.05) is 19.1 Å². The van der Waals surface area contributed by atoms with Gasteiger partial charge in [-0.2, -0.15) is 0 Å². The second-order valence-corrected chi connectivity index (χ2v) is 6.08. The molecule has 2 unspecified atom stereocenters. The number of carbonyl (C=O) groups is 2. The summed E-state index contributed by atoms with van der Waals surface area (Å²) in [6, 6.07) is 12.4. The average molecular weight is 372 g/mol. The van der Waals surface area contributed by atoms with E-state index in [4.69, 9.17) is 4.74 Å². The topological polar surface area (TPSA) is 119 Å². The molecule has 0 radical (unpaired) electrons. The molecule has 8 heteroatoms. The third kappa shape index (κ3) is 5.27. The number of nitrogens with one attached hydrogen (secondary N) is 1. The van der Waals surface area contributed by atoms with Gasteiger partial charge in [0.1, 0.15) is 5.75 Å². The Morgan fingerprint density at radius 2 is 1.74 bits per heavy atom. The Kier molecular flexibility index (Phi) is 6.48. The number of ether oxygens (including phenoxy) is 1. The lowest BCUT2D eigenvalue weighted by Gasteiger charge is -2.20. The minimum atomic E-state index is -1.08. The molecule has 0 aliphatic carbocycles. The summed E-state index contributed by atoms with van der Waals surface area (Å²) in [4.78, 5) is 34.3. The van der Waals surface area contributed by atoms with Crippen molar-refractivity contribution in [3.63, 3.8) is 0 Å². The molecule has 0 bridgehead atoms. The normalized spacial score (nSPS) is 12.7. The van der Waals surface area contributed by atoms with Crippen LogP contribution in [-0.2, 0) is 16.0 Å². The molecular formula is C19H20N2O6. The van der Waals surface area contributed by atoms with Gasteiger partial charge in [-0.15, -0.1) is 0 Å². The maximum absolute atomic E-state index is 12.7. The number of nitro groups is 1. The fraction of sp³-hybridized carbons (Fsp3) is 0.263. The van der Waals surface area contributed by atoms with E-state index in [0.717, 1.165) is 5.56 Å². The lowest BCUT2D eigenvalue weighted by atomic mass is 9.87. The van der Waals surface area contributed by atoms with E-state index in [9.17, 15) is 24.8 Å². The van der Waals surface area contributed by atoms with Gasteiger partial charge in [0.05, 0.1) is 23.9 Å². The highest BCUT2D eigenvalue weighted by atomic mass is 16.6. The van der Waals surface area contributed by atoms with Crippen LogP contribution in [0, 0.1) is 22.0 Å². The summed E-state index contributed by atoms with van der Waals surface area (Å²) in [6.07, 6.45) is 0.232. The van der Waals surface area contributed by atoms with Gasteiger partial charge < -0.3 is 15.2 Å². The van der Waals surface area contributed by atoms with Crippen LogP contribution in [-0.4, -0.2) is 29.0 Å². The predicted octanol–water partition coefficient (Wildman–Crippen LogP) is 3.12. The summed E-state index contributed by atoms with van der Waals surface area (Å²) in [7, 11) is 1.54. The molecule has 2 atom stereocenters. The van der Waals surface area contributed by atoms with Crippen molar-refractivity contribution in [2.75, 3.05) is 12.4 Å². The van der Waals surface area contributed by atoms with E-state index < -0.39 is 28.6 Å². The molecule has 0 saturated carbocycles. The summed E-state index contributed by atoms with van der Waals surface area (Å²) in [5, 5.41) is 22.7. The SMILES string of the molecule is COc1ccc(CC(C(=O)Nc2ccc([N+](=O)[O-])cc2)C(C)C(=O)O)cc1. The zero-order valence-electron chi connectivity index (χ0n) is 14.9. The average Bonchev–Trinajstić information content (AvgIpc) is 2.66. The van der Waals surface area contributed by atoms with Gasteiger partial charge in [-0.25, -0.2) is 0 Å². The molecule has 142 valence electrons. The standard InChI is InChI=1S/C19H20N2O6/c1-12(19(23)24)17(11-13-3-9-16(27-2)10-4-13)18(22)20-14-5-7-15(8-6-14)21(25)26/h3-10,12,17H,11H2,1-2H3,(H,20,22)(H,23,24). The fourth-order valence-corrected chi connectivity index (χ4v) is 2.59. The molecule has 27 heavy (non-hydrogen) atoms. The number of carboxylic acid groups (broad SMARTS) is 1. The van der Waals surface area contributed by atoms with Gasteiger partial charge >= 0.3 is 5.97 Å². The minimum absolute atomic E-state index is 0.0957. The number of benzene rings is 2. The molecule has 0 aliphatic rings. The summed E-state index contributed by atoms with van der Waals surface area (Å²) >= 11 is 0. The van der Waals surface area contributed by atoms with Crippen molar-refractivity contribution in [1.82, 2.24) is 0 Å². The highest BCUT2D eigenvalue weighted by Crippen LogP contribution is 2.23. The molecule has 8 nitrogen and oxygen atoms in total. The molecule has 0 spiro atoms. The van der Waals surface area contributed by atoms with Crippen molar-refractivity contribution >= 4 is 23.3 Å². The summed E-state index contributed by atoms with van der Waals surface area (Å²) < 4.78 is 5.09. The van der Waals surface area contributed by atoms with E-state index in [2.05, 4.69) is 5.32 Å². The molecule has 0 heterocycles. The summed E-state index contributed by atoms with van der Waals surface area (Å²) in [6.45, 7) is 1.48. The first kappa shape index (κ1) is 19.9. The van der Waals surface area contributed by atoms with Crippen LogP contribution in [0.4, 0.5) is 11.4 Å². The fourth-order valence-electron chi connectivity index (χ4n) is 2.59. The largest absolute Gasteiger partial charge is 0.497 e. The number of hydrogen-bond acceptors (Lipinski definition) is 5. The monoisotopic (exact) mass is 372 g/mol. The van der Waals surface area contributed by atoms with E-state index >= 15 is 0 Å². The summed E-state index contributed by atoms with van der Waals surface area (Å²) in [5.74, 6) is -2.60. The quantitative estimate of drug-likeness (QED) is 0.543. The molecule has 2 aromatic rings.